The lowest BCUT2D eigenvalue weighted by Crippen LogP contribution is -2.48. The fourth-order valence-corrected chi connectivity index (χ4v) is 4.23. The number of carbonyl (C=O) groups is 2. The van der Waals surface area contributed by atoms with Crippen LogP contribution in [0.2, 0.25) is 0 Å². The number of amides is 2. The summed E-state index contributed by atoms with van der Waals surface area (Å²) in [6.07, 6.45) is 1.49. The van der Waals surface area contributed by atoms with E-state index in [1.54, 1.807) is 0 Å². The SMILES string of the molecule is CC1(F)CCCN2CC1n1cc(C(=O)NCc3c(F)cc(F)cc3F)c(=O)c(O)c1C2=O. The number of halogens is 4. The summed E-state index contributed by atoms with van der Waals surface area (Å²) in [6.45, 7) is 0.888. The van der Waals surface area contributed by atoms with Crippen LogP contribution in [0.1, 0.15) is 52.2 Å². The third-order valence-electron chi connectivity index (χ3n) is 5.99. The minimum atomic E-state index is -1.79. The Bertz CT molecular complexity index is 1170. The van der Waals surface area contributed by atoms with Gasteiger partial charge in [0.05, 0.1) is 6.04 Å². The molecule has 170 valence electrons. The molecule has 1 aromatic heterocycles. The topological polar surface area (TPSA) is 91.6 Å². The van der Waals surface area contributed by atoms with Gasteiger partial charge < -0.3 is 19.9 Å². The van der Waals surface area contributed by atoms with Crippen LogP contribution in [0.4, 0.5) is 17.6 Å². The second-order valence-corrected chi connectivity index (χ2v) is 8.16. The zero-order valence-corrected chi connectivity index (χ0v) is 16.9. The molecule has 7 nitrogen and oxygen atoms in total. The molecule has 2 aliphatic heterocycles. The molecule has 4 rings (SSSR count). The van der Waals surface area contributed by atoms with E-state index < -0.39 is 75.5 Å². The molecule has 2 aliphatic rings. The van der Waals surface area contributed by atoms with Crippen LogP contribution >= 0.6 is 0 Å². The van der Waals surface area contributed by atoms with Gasteiger partial charge in [-0.05, 0) is 19.8 Å². The number of nitrogens with zero attached hydrogens (tertiary/aromatic N) is 2. The van der Waals surface area contributed by atoms with Crippen molar-refractivity contribution in [2.75, 3.05) is 13.1 Å². The molecule has 2 N–H and O–H groups in total. The summed E-state index contributed by atoms with van der Waals surface area (Å²) >= 11 is 0. The number of fused-ring (bicyclic) bond motifs is 4. The number of rotatable bonds is 3. The molecule has 2 atom stereocenters. The maximum Gasteiger partial charge on any atom is 0.274 e. The van der Waals surface area contributed by atoms with Crippen LogP contribution in [0.15, 0.2) is 23.1 Å². The van der Waals surface area contributed by atoms with Gasteiger partial charge in [-0.1, -0.05) is 0 Å². The van der Waals surface area contributed by atoms with E-state index >= 15 is 4.39 Å². The van der Waals surface area contributed by atoms with E-state index in [9.17, 15) is 32.7 Å². The Hall–Kier alpha value is -3.37. The van der Waals surface area contributed by atoms with E-state index in [-0.39, 0.29) is 19.5 Å². The maximum atomic E-state index is 15.3. The predicted octanol–water partition coefficient (Wildman–Crippen LogP) is 2.42. The van der Waals surface area contributed by atoms with Crippen molar-refractivity contribution in [3.05, 3.63) is 62.8 Å². The molecular weight excluding hydrogens is 434 g/mol. The first-order valence-electron chi connectivity index (χ1n) is 9.89. The predicted molar refractivity (Wildman–Crippen MR) is 104 cm³/mol. The molecule has 2 amide bonds. The van der Waals surface area contributed by atoms with Crippen LogP contribution in [0.5, 0.6) is 5.75 Å². The molecule has 0 radical (unpaired) electrons. The Morgan fingerprint density at radius 1 is 1.25 bits per heavy atom. The number of alkyl halides is 1. The lowest BCUT2D eigenvalue weighted by molar-refractivity contribution is 0.0520. The summed E-state index contributed by atoms with van der Waals surface area (Å²) < 4.78 is 57.1. The van der Waals surface area contributed by atoms with Gasteiger partial charge in [0.1, 0.15) is 28.7 Å². The first-order valence-corrected chi connectivity index (χ1v) is 9.89. The van der Waals surface area contributed by atoms with E-state index in [2.05, 4.69) is 5.32 Å². The summed E-state index contributed by atoms with van der Waals surface area (Å²) in [7, 11) is 0. The fraction of sp³-hybridized carbons (Fsp3) is 0.381. The van der Waals surface area contributed by atoms with Gasteiger partial charge in [-0.25, -0.2) is 17.6 Å². The first kappa shape index (κ1) is 21.8. The maximum absolute atomic E-state index is 15.3. The summed E-state index contributed by atoms with van der Waals surface area (Å²) in [5, 5.41) is 12.6. The van der Waals surface area contributed by atoms with Crippen molar-refractivity contribution in [2.24, 2.45) is 0 Å². The van der Waals surface area contributed by atoms with Gasteiger partial charge in [-0.2, -0.15) is 0 Å². The zero-order chi connectivity index (χ0) is 23.4. The largest absolute Gasteiger partial charge is 0.503 e. The average Bonchev–Trinajstić information content (AvgIpc) is 2.84. The van der Waals surface area contributed by atoms with Crippen LogP contribution in [-0.4, -0.2) is 45.1 Å². The fourth-order valence-electron chi connectivity index (χ4n) is 4.23. The number of pyridine rings is 1. The van der Waals surface area contributed by atoms with E-state index in [1.807, 2.05) is 0 Å². The van der Waals surface area contributed by atoms with Crippen molar-refractivity contribution in [2.45, 2.75) is 38.0 Å². The van der Waals surface area contributed by atoms with Crippen LogP contribution < -0.4 is 10.7 Å². The van der Waals surface area contributed by atoms with Crippen molar-refractivity contribution in [3.63, 3.8) is 0 Å². The molecule has 1 fully saturated rings. The van der Waals surface area contributed by atoms with Gasteiger partial charge in [0.25, 0.3) is 11.8 Å². The number of hydrogen-bond donors (Lipinski definition) is 2. The molecular formula is C21H19F4N3O4. The zero-order valence-electron chi connectivity index (χ0n) is 16.9. The van der Waals surface area contributed by atoms with Gasteiger partial charge in [-0.3, -0.25) is 14.4 Å². The molecule has 0 aliphatic carbocycles. The minimum absolute atomic E-state index is 0.00575. The highest BCUT2D eigenvalue weighted by atomic mass is 19.2. The molecule has 0 saturated carbocycles. The standard InChI is InChI=1S/C21H19F4N3O4/c1-21(25)3-2-4-27-9-15(21)28-8-12(17(29)18(30)16(28)20(27)32)19(31)26-7-11-13(23)5-10(22)6-14(11)24/h5-6,8,15,30H,2-4,7,9H2,1H3,(H,26,31). The minimum Gasteiger partial charge on any atom is -0.503 e. The van der Waals surface area contributed by atoms with Crippen LogP contribution in [0.25, 0.3) is 0 Å². The smallest absolute Gasteiger partial charge is 0.274 e. The second kappa shape index (κ2) is 7.64. The molecule has 2 bridgehead atoms. The summed E-state index contributed by atoms with van der Waals surface area (Å²) in [5.41, 5.74) is -4.64. The van der Waals surface area contributed by atoms with Gasteiger partial charge in [0.15, 0.2) is 11.4 Å². The Morgan fingerprint density at radius 2 is 1.91 bits per heavy atom. The average molecular weight is 453 g/mol. The molecule has 2 unspecified atom stereocenters. The highest BCUT2D eigenvalue weighted by Crippen LogP contribution is 2.40. The molecule has 1 saturated heterocycles. The molecule has 2 aromatic rings. The van der Waals surface area contributed by atoms with Crippen molar-refractivity contribution in [3.8, 4) is 5.75 Å². The summed E-state index contributed by atoms with van der Waals surface area (Å²) in [4.78, 5) is 39.3. The van der Waals surface area contributed by atoms with Crippen LogP contribution in [0, 0.1) is 17.5 Å². The Kier molecular flexibility index (Phi) is 5.22. The number of benzene rings is 1. The van der Waals surface area contributed by atoms with Crippen molar-refractivity contribution in [1.29, 1.82) is 0 Å². The number of aromatic hydroxyl groups is 1. The number of nitrogens with one attached hydrogen (secondary N) is 1. The number of carbonyl (C=O) groups excluding carboxylic acids is 2. The highest BCUT2D eigenvalue weighted by molar-refractivity contribution is 5.99. The highest BCUT2D eigenvalue weighted by Gasteiger charge is 2.46. The lowest BCUT2D eigenvalue weighted by Gasteiger charge is -2.38. The van der Waals surface area contributed by atoms with Gasteiger partial charge in [-0.15, -0.1) is 0 Å². The second-order valence-electron chi connectivity index (χ2n) is 8.16. The monoisotopic (exact) mass is 453 g/mol. The molecule has 32 heavy (non-hydrogen) atoms. The summed E-state index contributed by atoms with van der Waals surface area (Å²) in [5.74, 6) is -6.36. The first-order chi connectivity index (χ1) is 15.0. The Labute approximate surface area is 179 Å². The third kappa shape index (κ3) is 3.51. The van der Waals surface area contributed by atoms with E-state index in [0.717, 1.165) is 10.8 Å². The Morgan fingerprint density at radius 3 is 2.56 bits per heavy atom. The normalized spacial score (nSPS) is 22.3. The molecule has 3 heterocycles. The lowest BCUT2D eigenvalue weighted by atomic mass is 9.92. The summed E-state index contributed by atoms with van der Waals surface area (Å²) in [6, 6.07) is -0.0755. The van der Waals surface area contributed by atoms with Gasteiger partial charge in [0, 0.05) is 43.5 Å². The van der Waals surface area contributed by atoms with E-state index in [4.69, 9.17) is 0 Å². The van der Waals surface area contributed by atoms with Crippen molar-refractivity contribution in [1.82, 2.24) is 14.8 Å². The van der Waals surface area contributed by atoms with E-state index in [0.29, 0.717) is 18.6 Å². The molecule has 1 aromatic carbocycles. The quantitative estimate of drug-likeness (QED) is 0.699. The Balaban J connectivity index is 1.72. The van der Waals surface area contributed by atoms with Gasteiger partial charge >= 0.3 is 0 Å². The third-order valence-corrected chi connectivity index (χ3v) is 5.99. The molecule has 0 spiro atoms. The van der Waals surface area contributed by atoms with Crippen LogP contribution in [-0.2, 0) is 6.54 Å². The van der Waals surface area contributed by atoms with E-state index in [1.165, 1.54) is 11.8 Å². The van der Waals surface area contributed by atoms with Crippen molar-refractivity contribution >= 4 is 11.8 Å². The van der Waals surface area contributed by atoms with Crippen molar-refractivity contribution < 1.29 is 32.3 Å². The number of hydrogen-bond acceptors (Lipinski definition) is 4. The van der Waals surface area contributed by atoms with Crippen LogP contribution in [0.3, 0.4) is 0 Å². The van der Waals surface area contributed by atoms with Gasteiger partial charge in [0.2, 0.25) is 5.43 Å². The number of aromatic nitrogens is 1. The molecule has 11 heteroatoms.